The van der Waals surface area contributed by atoms with Crippen LogP contribution >= 0.6 is 46.4 Å². The van der Waals surface area contributed by atoms with Crippen molar-refractivity contribution in [1.82, 2.24) is 0 Å². The number of anilines is 1. The Morgan fingerprint density at radius 1 is 0.833 bits per heavy atom. The Morgan fingerprint density at radius 2 is 1.58 bits per heavy atom. The van der Waals surface area contributed by atoms with Crippen LogP contribution in [0.4, 0.5) is 5.69 Å². The highest BCUT2D eigenvalue weighted by Gasteiger charge is 2.14. The van der Waals surface area contributed by atoms with Crippen molar-refractivity contribution in [3.63, 3.8) is 0 Å². The number of amides is 1. The number of nitrogens with one attached hydrogen (secondary N) is 1. The molecule has 24 heavy (non-hydrogen) atoms. The molecule has 0 radical (unpaired) electrons. The van der Waals surface area contributed by atoms with Crippen LogP contribution < -0.4 is 5.32 Å². The molecular weight excluding hydrogens is 392 g/mol. The Hall–Kier alpha value is -1.65. The van der Waals surface area contributed by atoms with Gasteiger partial charge in [-0.05, 0) is 48.5 Å². The van der Waals surface area contributed by atoms with Gasteiger partial charge >= 0.3 is 0 Å². The van der Waals surface area contributed by atoms with Crippen LogP contribution in [-0.2, 0) is 0 Å². The van der Waals surface area contributed by atoms with E-state index in [2.05, 4.69) is 5.32 Å². The van der Waals surface area contributed by atoms with Gasteiger partial charge in [0.15, 0.2) is 5.76 Å². The number of hydrogen-bond acceptors (Lipinski definition) is 2. The Kier molecular flexibility index (Phi) is 5.07. The van der Waals surface area contributed by atoms with E-state index in [0.29, 0.717) is 37.1 Å². The zero-order chi connectivity index (χ0) is 17.3. The molecule has 3 aromatic rings. The van der Waals surface area contributed by atoms with Crippen LogP contribution in [-0.4, -0.2) is 5.91 Å². The molecule has 122 valence electrons. The largest absolute Gasteiger partial charge is 0.451 e. The second kappa shape index (κ2) is 7.08. The molecule has 0 aliphatic carbocycles. The topological polar surface area (TPSA) is 42.2 Å². The molecule has 2 aromatic carbocycles. The number of benzene rings is 2. The fraction of sp³-hybridized carbons (Fsp3) is 0. The molecule has 0 aliphatic rings. The van der Waals surface area contributed by atoms with E-state index >= 15 is 0 Å². The molecule has 1 amide bonds. The predicted octanol–water partition coefficient (Wildman–Crippen LogP) is 6.81. The van der Waals surface area contributed by atoms with E-state index in [0.717, 1.165) is 0 Å². The van der Waals surface area contributed by atoms with Gasteiger partial charge in [0.25, 0.3) is 5.91 Å². The molecule has 0 atom stereocenters. The predicted molar refractivity (Wildman–Crippen MR) is 98.6 cm³/mol. The molecule has 0 bridgehead atoms. The SMILES string of the molecule is O=C(Nc1cc(Cl)ccc1Cl)c1ccc(-c2ccc(Cl)c(Cl)c2)o1. The number of hydrogen-bond donors (Lipinski definition) is 1. The number of rotatable bonds is 3. The van der Waals surface area contributed by atoms with Crippen molar-refractivity contribution >= 4 is 58.0 Å². The van der Waals surface area contributed by atoms with E-state index in [1.807, 2.05) is 0 Å². The van der Waals surface area contributed by atoms with Crippen LogP contribution in [0.25, 0.3) is 11.3 Å². The van der Waals surface area contributed by atoms with Crippen molar-refractivity contribution in [2.24, 2.45) is 0 Å². The van der Waals surface area contributed by atoms with Crippen LogP contribution in [0.15, 0.2) is 52.9 Å². The van der Waals surface area contributed by atoms with Crippen molar-refractivity contribution in [2.45, 2.75) is 0 Å². The van der Waals surface area contributed by atoms with E-state index < -0.39 is 5.91 Å². The molecule has 1 aromatic heterocycles. The average Bonchev–Trinajstić information content (AvgIpc) is 3.03. The Balaban J connectivity index is 1.83. The van der Waals surface area contributed by atoms with Gasteiger partial charge in [0.2, 0.25) is 0 Å². The van der Waals surface area contributed by atoms with Crippen molar-refractivity contribution in [1.29, 1.82) is 0 Å². The summed E-state index contributed by atoms with van der Waals surface area (Å²) in [6.07, 6.45) is 0. The van der Waals surface area contributed by atoms with Crippen molar-refractivity contribution < 1.29 is 9.21 Å². The first-order valence-electron chi connectivity index (χ1n) is 6.76. The zero-order valence-electron chi connectivity index (χ0n) is 11.9. The molecule has 0 aliphatic heterocycles. The molecule has 3 rings (SSSR count). The third-order valence-corrected chi connectivity index (χ3v) is 4.51. The Labute approximate surface area is 158 Å². The standard InChI is InChI=1S/C17H9Cl4NO2/c18-10-2-4-12(20)14(8-10)22-17(23)16-6-5-15(24-16)9-1-3-11(19)13(21)7-9/h1-8H,(H,22,23). The van der Waals surface area contributed by atoms with E-state index in [4.69, 9.17) is 50.8 Å². The minimum atomic E-state index is -0.439. The Bertz CT molecular complexity index is 921. The summed E-state index contributed by atoms with van der Waals surface area (Å²) in [5.41, 5.74) is 1.12. The van der Waals surface area contributed by atoms with Gasteiger partial charge in [-0.25, -0.2) is 0 Å². The second-order valence-corrected chi connectivity index (χ2v) is 6.53. The fourth-order valence-electron chi connectivity index (χ4n) is 2.04. The number of furan rings is 1. The van der Waals surface area contributed by atoms with Crippen LogP contribution in [0.2, 0.25) is 20.1 Å². The zero-order valence-corrected chi connectivity index (χ0v) is 15.0. The minimum Gasteiger partial charge on any atom is -0.451 e. The van der Waals surface area contributed by atoms with Crippen molar-refractivity contribution in [3.8, 4) is 11.3 Å². The summed E-state index contributed by atoms with van der Waals surface area (Å²) in [6, 6.07) is 13.1. The lowest BCUT2D eigenvalue weighted by molar-refractivity contribution is 0.0997. The highest BCUT2D eigenvalue weighted by molar-refractivity contribution is 6.42. The molecular formula is C17H9Cl4NO2. The number of carbonyl (C=O) groups is 1. The second-order valence-electron chi connectivity index (χ2n) is 4.87. The highest BCUT2D eigenvalue weighted by Crippen LogP contribution is 2.30. The molecule has 0 spiro atoms. The molecule has 3 nitrogen and oxygen atoms in total. The van der Waals surface area contributed by atoms with Gasteiger partial charge < -0.3 is 9.73 Å². The van der Waals surface area contributed by atoms with Gasteiger partial charge in [-0.3, -0.25) is 4.79 Å². The van der Waals surface area contributed by atoms with Gasteiger partial charge in [-0.1, -0.05) is 46.4 Å². The van der Waals surface area contributed by atoms with Gasteiger partial charge in [-0.2, -0.15) is 0 Å². The van der Waals surface area contributed by atoms with Crippen LogP contribution in [0.3, 0.4) is 0 Å². The van der Waals surface area contributed by atoms with Gasteiger partial charge in [0, 0.05) is 10.6 Å². The lowest BCUT2D eigenvalue weighted by Gasteiger charge is -2.06. The summed E-state index contributed by atoms with van der Waals surface area (Å²) in [5.74, 6) is 0.188. The van der Waals surface area contributed by atoms with Crippen LogP contribution in [0.1, 0.15) is 10.6 Å². The quantitative estimate of drug-likeness (QED) is 0.524. The lowest BCUT2D eigenvalue weighted by atomic mass is 10.2. The van der Waals surface area contributed by atoms with E-state index in [9.17, 15) is 4.79 Å². The van der Waals surface area contributed by atoms with Gasteiger partial charge in [0.05, 0.1) is 20.8 Å². The first kappa shape index (κ1) is 17.2. The summed E-state index contributed by atoms with van der Waals surface area (Å²) in [6.45, 7) is 0. The first-order valence-corrected chi connectivity index (χ1v) is 8.27. The highest BCUT2D eigenvalue weighted by atomic mass is 35.5. The minimum absolute atomic E-state index is 0.132. The molecule has 0 unspecified atom stereocenters. The normalized spacial score (nSPS) is 10.7. The number of carbonyl (C=O) groups excluding carboxylic acids is 1. The molecule has 1 heterocycles. The van der Waals surface area contributed by atoms with Gasteiger partial charge in [0.1, 0.15) is 5.76 Å². The molecule has 0 fully saturated rings. The van der Waals surface area contributed by atoms with E-state index in [1.165, 1.54) is 0 Å². The maximum atomic E-state index is 12.3. The summed E-state index contributed by atoms with van der Waals surface area (Å²) in [7, 11) is 0. The third kappa shape index (κ3) is 3.70. The summed E-state index contributed by atoms with van der Waals surface area (Å²) >= 11 is 23.8. The summed E-state index contributed by atoms with van der Waals surface area (Å²) < 4.78 is 5.58. The Morgan fingerprint density at radius 3 is 2.33 bits per heavy atom. The van der Waals surface area contributed by atoms with Gasteiger partial charge in [-0.15, -0.1) is 0 Å². The maximum absolute atomic E-state index is 12.3. The molecule has 7 heteroatoms. The molecule has 0 saturated heterocycles. The first-order chi connectivity index (χ1) is 11.4. The molecule has 1 N–H and O–H groups in total. The number of halogens is 4. The van der Waals surface area contributed by atoms with Crippen LogP contribution in [0, 0.1) is 0 Å². The lowest BCUT2D eigenvalue weighted by Crippen LogP contribution is -2.11. The smallest absolute Gasteiger partial charge is 0.291 e. The van der Waals surface area contributed by atoms with Crippen molar-refractivity contribution in [2.75, 3.05) is 5.32 Å². The molecule has 0 saturated carbocycles. The summed E-state index contributed by atoms with van der Waals surface area (Å²) in [4.78, 5) is 12.3. The van der Waals surface area contributed by atoms with E-state index in [-0.39, 0.29) is 5.76 Å². The monoisotopic (exact) mass is 399 g/mol. The van der Waals surface area contributed by atoms with E-state index in [1.54, 1.807) is 48.5 Å². The third-order valence-electron chi connectivity index (χ3n) is 3.21. The van der Waals surface area contributed by atoms with Crippen LogP contribution in [0.5, 0.6) is 0 Å². The maximum Gasteiger partial charge on any atom is 0.291 e. The van der Waals surface area contributed by atoms with Crippen molar-refractivity contribution in [3.05, 3.63) is 74.4 Å². The fourth-order valence-corrected chi connectivity index (χ4v) is 2.68. The average molecular weight is 401 g/mol. The summed E-state index contributed by atoms with van der Waals surface area (Å²) in [5, 5.41) is 4.35.